The molecule has 0 saturated carbocycles. The Bertz CT molecular complexity index is 1080. The average Bonchev–Trinajstić information content (AvgIpc) is 3.35. The molecule has 0 aliphatic heterocycles. The number of carbonyl (C=O) groups is 2. The van der Waals surface area contributed by atoms with Crippen LogP contribution < -0.4 is 15.4 Å². The highest BCUT2D eigenvalue weighted by atomic mass is 35.5. The Morgan fingerprint density at radius 3 is 2.61 bits per heavy atom. The molecular weight excluding hydrogens is 434 g/mol. The molecule has 1 heterocycles. The van der Waals surface area contributed by atoms with Crippen molar-refractivity contribution in [2.24, 2.45) is 0 Å². The van der Waals surface area contributed by atoms with E-state index in [-0.39, 0.29) is 17.7 Å². The molecule has 0 fully saturated rings. The van der Waals surface area contributed by atoms with Gasteiger partial charge in [0.2, 0.25) is 5.91 Å². The van der Waals surface area contributed by atoms with Crippen molar-refractivity contribution in [2.45, 2.75) is 25.2 Å². The number of fused-ring (bicyclic) bond motifs is 1. The van der Waals surface area contributed by atoms with Crippen LogP contribution >= 0.6 is 22.9 Å². The molecule has 0 saturated heterocycles. The molecule has 1 aliphatic rings. The van der Waals surface area contributed by atoms with Gasteiger partial charge in [0.15, 0.2) is 5.13 Å². The molecule has 1 aliphatic carbocycles. The van der Waals surface area contributed by atoms with E-state index in [2.05, 4.69) is 15.6 Å². The monoisotopic (exact) mass is 455 g/mol. The number of nitrogens with zero attached hydrogens (tertiary/aromatic N) is 1. The summed E-state index contributed by atoms with van der Waals surface area (Å²) in [5.74, 6) is 0.155. The topological polar surface area (TPSA) is 80.3 Å². The van der Waals surface area contributed by atoms with Crippen LogP contribution in [-0.4, -0.2) is 30.5 Å². The number of ether oxygens (including phenoxy) is 1. The second kappa shape index (κ2) is 9.49. The zero-order valence-corrected chi connectivity index (χ0v) is 18.6. The third-order valence-electron chi connectivity index (χ3n) is 5.23. The fourth-order valence-electron chi connectivity index (χ4n) is 3.55. The summed E-state index contributed by atoms with van der Waals surface area (Å²) in [6, 6.07) is 14.5. The summed E-state index contributed by atoms with van der Waals surface area (Å²) < 4.78 is 5.12. The number of thiazole rings is 1. The molecule has 8 heteroatoms. The minimum atomic E-state index is -0.275. The highest BCUT2D eigenvalue weighted by Gasteiger charge is 2.32. The summed E-state index contributed by atoms with van der Waals surface area (Å²) in [4.78, 5) is 30.8. The zero-order chi connectivity index (χ0) is 21.8. The van der Waals surface area contributed by atoms with Crippen LogP contribution in [0, 0.1) is 0 Å². The van der Waals surface area contributed by atoms with Crippen LogP contribution in [0.1, 0.15) is 38.8 Å². The lowest BCUT2D eigenvalue weighted by molar-refractivity contribution is -0.122. The summed E-state index contributed by atoms with van der Waals surface area (Å²) in [5, 5.41) is 7.06. The van der Waals surface area contributed by atoms with Crippen molar-refractivity contribution in [3.63, 3.8) is 0 Å². The minimum absolute atomic E-state index is 0.0222. The van der Waals surface area contributed by atoms with E-state index >= 15 is 0 Å². The van der Waals surface area contributed by atoms with Crippen LogP contribution in [0.4, 0.5) is 5.13 Å². The predicted octanol–water partition coefficient (Wildman–Crippen LogP) is 4.45. The molecular formula is C23H22ClN3O3S. The standard InChI is InChI=1S/C23H22ClN3O3S/c1-30-17-8-4-15(5-9-17)21(28)27-23-26-20-18(10-11-19(20)31-23)22(29)25-13-12-14-2-6-16(24)7-3-14/h2-9,18H,10-13H2,1H3,(H,25,29)(H,26,27,28). The number of hydrogen-bond donors (Lipinski definition) is 2. The first-order valence-electron chi connectivity index (χ1n) is 10.0. The van der Waals surface area contributed by atoms with Crippen LogP contribution in [0.25, 0.3) is 0 Å². The van der Waals surface area contributed by atoms with E-state index in [4.69, 9.17) is 16.3 Å². The number of rotatable bonds is 7. The number of aryl methyl sites for hydroxylation is 1. The van der Waals surface area contributed by atoms with Gasteiger partial charge < -0.3 is 10.1 Å². The van der Waals surface area contributed by atoms with Gasteiger partial charge in [-0.2, -0.15) is 0 Å². The lowest BCUT2D eigenvalue weighted by atomic mass is 10.1. The number of benzene rings is 2. The summed E-state index contributed by atoms with van der Waals surface area (Å²) in [5.41, 5.74) is 2.42. The lowest BCUT2D eigenvalue weighted by Gasteiger charge is -2.11. The molecule has 1 atom stereocenters. The maximum Gasteiger partial charge on any atom is 0.257 e. The molecule has 0 radical (unpaired) electrons. The largest absolute Gasteiger partial charge is 0.497 e. The van der Waals surface area contributed by atoms with Crippen LogP contribution in [0.3, 0.4) is 0 Å². The number of halogens is 1. The minimum Gasteiger partial charge on any atom is -0.497 e. The average molecular weight is 456 g/mol. The Morgan fingerprint density at radius 1 is 1.16 bits per heavy atom. The van der Waals surface area contributed by atoms with Gasteiger partial charge in [0.25, 0.3) is 5.91 Å². The molecule has 2 N–H and O–H groups in total. The molecule has 1 unspecified atom stereocenters. The highest BCUT2D eigenvalue weighted by Crippen LogP contribution is 2.38. The third-order valence-corrected chi connectivity index (χ3v) is 6.53. The zero-order valence-electron chi connectivity index (χ0n) is 17.0. The van der Waals surface area contributed by atoms with Crippen molar-refractivity contribution in [2.75, 3.05) is 19.0 Å². The fourth-order valence-corrected chi connectivity index (χ4v) is 4.71. The van der Waals surface area contributed by atoms with Crippen LogP contribution in [0.15, 0.2) is 48.5 Å². The van der Waals surface area contributed by atoms with E-state index in [1.165, 1.54) is 11.3 Å². The van der Waals surface area contributed by atoms with Crippen LogP contribution in [0.5, 0.6) is 5.75 Å². The Kier molecular flexibility index (Phi) is 6.53. The maximum absolute atomic E-state index is 12.7. The number of anilines is 1. The number of methoxy groups -OCH3 is 1. The van der Waals surface area contributed by atoms with Gasteiger partial charge in [0, 0.05) is 22.0 Å². The first-order valence-corrected chi connectivity index (χ1v) is 11.2. The van der Waals surface area contributed by atoms with Crippen molar-refractivity contribution in [1.29, 1.82) is 0 Å². The van der Waals surface area contributed by atoms with E-state index < -0.39 is 0 Å². The smallest absolute Gasteiger partial charge is 0.257 e. The highest BCUT2D eigenvalue weighted by molar-refractivity contribution is 7.16. The van der Waals surface area contributed by atoms with Crippen molar-refractivity contribution < 1.29 is 14.3 Å². The SMILES string of the molecule is COc1ccc(C(=O)Nc2nc3c(s2)CCC3C(=O)NCCc2ccc(Cl)cc2)cc1. The molecule has 1 aromatic heterocycles. The van der Waals surface area contributed by atoms with E-state index in [0.29, 0.717) is 28.0 Å². The van der Waals surface area contributed by atoms with Crippen molar-refractivity contribution in [1.82, 2.24) is 10.3 Å². The van der Waals surface area contributed by atoms with E-state index in [1.807, 2.05) is 24.3 Å². The molecule has 2 aromatic carbocycles. The van der Waals surface area contributed by atoms with Gasteiger partial charge in [-0.15, -0.1) is 11.3 Å². The van der Waals surface area contributed by atoms with Crippen molar-refractivity contribution >= 4 is 39.9 Å². The number of carbonyl (C=O) groups excluding carboxylic acids is 2. The van der Waals surface area contributed by atoms with Crippen LogP contribution in [-0.2, 0) is 17.6 Å². The van der Waals surface area contributed by atoms with E-state index in [9.17, 15) is 9.59 Å². The summed E-state index contributed by atoms with van der Waals surface area (Å²) in [6.45, 7) is 0.553. The van der Waals surface area contributed by atoms with Crippen molar-refractivity contribution in [3.8, 4) is 5.75 Å². The first-order chi connectivity index (χ1) is 15.0. The van der Waals surface area contributed by atoms with Gasteiger partial charge in [-0.25, -0.2) is 4.98 Å². The molecule has 4 rings (SSSR count). The number of aromatic nitrogens is 1. The van der Waals surface area contributed by atoms with Gasteiger partial charge in [-0.3, -0.25) is 14.9 Å². The molecule has 0 spiro atoms. The molecule has 6 nitrogen and oxygen atoms in total. The van der Waals surface area contributed by atoms with E-state index in [0.717, 1.165) is 35.4 Å². The number of nitrogens with one attached hydrogen (secondary N) is 2. The maximum atomic E-state index is 12.7. The normalized spacial score (nSPS) is 14.7. The van der Waals surface area contributed by atoms with Gasteiger partial charge in [0.05, 0.1) is 18.7 Å². The second-order valence-electron chi connectivity index (χ2n) is 7.27. The quantitative estimate of drug-likeness (QED) is 0.551. The van der Waals surface area contributed by atoms with Crippen molar-refractivity contribution in [3.05, 3.63) is 75.3 Å². The fraction of sp³-hybridized carbons (Fsp3) is 0.261. The Balaban J connectivity index is 1.34. The summed E-state index contributed by atoms with van der Waals surface area (Å²) in [7, 11) is 1.58. The van der Waals surface area contributed by atoms with Gasteiger partial charge in [-0.05, 0) is 61.2 Å². The number of amides is 2. The Morgan fingerprint density at radius 2 is 1.90 bits per heavy atom. The third kappa shape index (κ3) is 5.06. The first kappa shape index (κ1) is 21.3. The van der Waals surface area contributed by atoms with Crippen LogP contribution in [0.2, 0.25) is 5.02 Å². The molecule has 160 valence electrons. The number of hydrogen-bond acceptors (Lipinski definition) is 5. The van der Waals surface area contributed by atoms with Gasteiger partial charge in [0.1, 0.15) is 5.75 Å². The molecule has 3 aromatic rings. The molecule has 31 heavy (non-hydrogen) atoms. The van der Waals surface area contributed by atoms with Gasteiger partial charge >= 0.3 is 0 Å². The summed E-state index contributed by atoms with van der Waals surface area (Å²) >= 11 is 7.34. The second-order valence-corrected chi connectivity index (χ2v) is 8.79. The van der Waals surface area contributed by atoms with Gasteiger partial charge in [-0.1, -0.05) is 23.7 Å². The lowest BCUT2D eigenvalue weighted by Crippen LogP contribution is -2.30. The molecule has 2 amide bonds. The Hall–Kier alpha value is -2.90. The molecule has 0 bridgehead atoms. The Labute approximate surface area is 189 Å². The van der Waals surface area contributed by atoms with E-state index in [1.54, 1.807) is 31.4 Å². The predicted molar refractivity (Wildman–Crippen MR) is 122 cm³/mol. The summed E-state index contributed by atoms with van der Waals surface area (Å²) in [6.07, 6.45) is 2.27.